The number of hydrogen-bond donors (Lipinski definition) is 2. The average Bonchev–Trinajstić information content (AvgIpc) is 2.96. The maximum atomic E-state index is 12.7. The first-order chi connectivity index (χ1) is 13.4. The van der Waals surface area contributed by atoms with Crippen LogP contribution >= 0.6 is 11.3 Å². The molecule has 0 saturated heterocycles. The molecule has 1 aromatic carbocycles. The van der Waals surface area contributed by atoms with Crippen LogP contribution < -0.4 is 10.6 Å². The number of carbonyl (C=O) groups is 3. The van der Waals surface area contributed by atoms with Crippen molar-refractivity contribution < 1.29 is 19.1 Å². The highest BCUT2D eigenvalue weighted by Gasteiger charge is 2.24. The molecule has 1 aromatic heterocycles. The topological polar surface area (TPSA) is 84.5 Å². The summed E-state index contributed by atoms with van der Waals surface area (Å²) in [4.78, 5) is 37.7. The van der Waals surface area contributed by atoms with Crippen LogP contribution in [0.1, 0.15) is 59.6 Å². The Bertz CT molecular complexity index is 846. The Morgan fingerprint density at radius 3 is 2.39 bits per heavy atom. The molecular formula is C21H26N2O4S. The van der Waals surface area contributed by atoms with E-state index in [1.807, 2.05) is 44.2 Å². The van der Waals surface area contributed by atoms with Gasteiger partial charge in [-0.2, -0.15) is 0 Å². The lowest BCUT2D eigenvalue weighted by molar-refractivity contribution is -0.120. The molecule has 2 aromatic rings. The summed E-state index contributed by atoms with van der Waals surface area (Å²) >= 11 is 1.36. The Morgan fingerprint density at radius 1 is 1.14 bits per heavy atom. The smallest absolute Gasteiger partial charge is 0.341 e. The van der Waals surface area contributed by atoms with E-state index in [4.69, 9.17) is 4.74 Å². The molecule has 150 valence electrons. The molecule has 0 bridgehead atoms. The molecule has 2 N–H and O–H groups in total. The van der Waals surface area contributed by atoms with E-state index in [0.29, 0.717) is 17.0 Å². The minimum absolute atomic E-state index is 0.0598. The second-order valence-corrected chi connectivity index (χ2v) is 7.56. The van der Waals surface area contributed by atoms with Crippen molar-refractivity contribution in [1.82, 2.24) is 5.32 Å². The van der Waals surface area contributed by atoms with Gasteiger partial charge in [0, 0.05) is 11.8 Å². The van der Waals surface area contributed by atoms with Gasteiger partial charge in [0.15, 0.2) is 0 Å². The lowest BCUT2D eigenvalue weighted by Crippen LogP contribution is -2.29. The van der Waals surface area contributed by atoms with Crippen LogP contribution in [-0.4, -0.2) is 24.4 Å². The van der Waals surface area contributed by atoms with E-state index >= 15 is 0 Å². The minimum atomic E-state index is -0.448. The molecule has 1 heterocycles. The predicted octanol–water partition coefficient (Wildman–Crippen LogP) is 4.00. The van der Waals surface area contributed by atoms with Crippen LogP contribution in [0, 0.1) is 6.92 Å². The number of benzene rings is 1. The summed E-state index contributed by atoms with van der Waals surface area (Å²) < 4.78 is 5.17. The van der Waals surface area contributed by atoms with Gasteiger partial charge in [0.2, 0.25) is 11.8 Å². The predicted molar refractivity (Wildman–Crippen MR) is 111 cm³/mol. The van der Waals surface area contributed by atoms with E-state index in [1.165, 1.54) is 18.3 Å². The molecule has 1 atom stereocenters. The zero-order valence-corrected chi connectivity index (χ0v) is 17.4. The van der Waals surface area contributed by atoms with Gasteiger partial charge in [0.1, 0.15) is 5.00 Å². The molecule has 6 nitrogen and oxygen atoms in total. The summed E-state index contributed by atoms with van der Waals surface area (Å²) in [6.45, 7) is 7.32. The van der Waals surface area contributed by atoms with E-state index < -0.39 is 12.0 Å². The third-order valence-electron chi connectivity index (χ3n) is 4.26. The van der Waals surface area contributed by atoms with Gasteiger partial charge in [-0.15, -0.1) is 11.3 Å². The van der Waals surface area contributed by atoms with Gasteiger partial charge in [-0.25, -0.2) is 4.79 Å². The highest BCUT2D eigenvalue weighted by molar-refractivity contribution is 7.16. The first-order valence-electron chi connectivity index (χ1n) is 9.28. The second-order valence-electron chi connectivity index (χ2n) is 6.33. The molecule has 0 spiro atoms. The number of ether oxygens (including phenoxy) is 1. The Labute approximate surface area is 169 Å². The summed E-state index contributed by atoms with van der Waals surface area (Å²) in [7, 11) is 0. The third kappa shape index (κ3) is 5.42. The van der Waals surface area contributed by atoms with Crippen LogP contribution in [0.2, 0.25) is 0 Å². The maximum Gasteiger partial charge on any atom is 0.341 e. The lowest BCUT2D eigenvalue weighted by Gasteiger charge is -2.18. The van der Waals surface area contributed by atoms with E-state index in [1.54, 1.807) is 6.92 Å². The molecule has 0 aliphatic rings. The largest absolute Gasteiger partial charge is 0.462 e. The minimum Gasteiger partial charge on any atom is -0.462 e. The third-order valence-corrected chi connectivity index (χ3v) is 5.33. The summed E-state index contributed by atoms with van der Waals surface area (Å²) in [6, 6.07) is 8.87. The van der Waals surface area contributed by atoms with Gasteiger partial charge >= 0.3 is 5.97 Å². The average molecular weight is 403 g/mol. The number of rotatable bonds is 8. The maximum absolute atomic E-state index is 12.7. The number of amides is 2. The number of esters is 1. The zero-order valence-electron chi connectivity index (χ0n) is 16.6. The van der Waals surface area contributed by atoms with Crippen molar-refractivity contribution in [2.75, 3.05) is 11.9 Å². The number of anilines is 1. The van der Waals surface area contributed by atoms with Crippen LogP contribution in [0.5, 0.6) is 0 Å². The Morgan fingerprint density at radius 2 is 1.82 bits per heavy atom. The summed E-state index contributed by atoms with van der Waals surface area (Å²) in [5.74, 6) is -0.924. The van der Waals surface area contributed by atoms with E-state index in [-0.39, 0.29) is 24.8 Å². The highest BCUT2D eigenvalue weighted by atomic mass is 32.1. The van der Waals surface area contributed by atoms with Crippen LogP contribution in [-0.2, 0) is 20.7 Å². The number of aryl methyl sites for hydroxylation is 1. The zero-order chi connectivity index (χ0) is 20.7. The summed E-state index contributed by atoms with van der Waals surface area (Å²) in [5.41, 5.74) is 2.16. The van der Waals surface area contributed by atoms with Gasteiger partial charge < -0.3 is 15.4 Å². The normalized spacial score (nSPS) is 11.6. The van der Waals surface area contributed by atoms with Gasteiger partial charge in [0.05, 0.1) is 24.6 Å². The highest BCUT2D eigenvalue weighted by Crippen LogP contribution is 2.34. The van der Waals surface area contributed by atoms with E-state index in [2.05, 4.69) is 10.6 Å². The van der Waals surface area contributed by atoms with Crippen LogP contribution in [0.25, 0.3) is 0 Å². The number of hydrogen-bond acceptors (Lipinski definition) is 5. The van der Waals surface area contributed by atoms with Gasteiger partial charge in [-0.3, -0.25) is 9.59 Å². The molecule has 0 aliphatic carbocycles. The van der Waals surface area contributed by atoms with Crippen molar-refractivity contribution in [3.05, 3.63) is 51.9 Å². The van der Waals surface area contributed by atoms with Crippen molar-refractivity contribution in [2.24, 2.45) is 0 Å². The van der Waals surface area contributed by atoms with Crippen LogP contribution in [0.4, 0.5) is 5.00 Å². The molecule has 0 radical (unpaired) electrons. The Balaban J connectivity index is 2.23. The molecule has 7 heteroatoms. The van der Waals surface area contributed by atoms with Crippen molar-refractivity contribution in [3.63, 3.8) is 0 Å². The SMILES string of the molecule is CCOC(=O)c1c(NC(=O)CC(NC(C)=O)c2ccccc2)sc(C)c1CC. The van der Waals surface area contributed by atoms with Crippen LogP contribution in [0.3, 0.4) is 0 Å². The Hall–Kier alpha value is -2.67. The number of nitrogens with one attached hydrogen (secondary N) is 2. The standard InChI is InChI=1S/C21H26N2O4S/c1-5-16-13(3)28-20(19(16)21(26)27-6-2)23-18(25)12-17(22-14(4)24)15-10-8-7-9-11-15/h7-11,17H,5-6,12H2,1-4H3,(H,22,24)(H,23,25). The van der Waals surface area contributed by atoms with Gasteiger partial charge in [0.25, 0.3) is 0 Å². The van der Waals surface area contributed by atoms with E-state index in [9.17, 15) is 14.4 Å². The first kappa shape index (κ1) is 21.6. The first-order valence-corrected chi connectivity index (χ1v) is 10.1. The molecule has 0 aliphatic heterocycles. The molecule has 2 amide bonds. The monoisotopic (exact) mass is 402 g/mol. The van der Waals surface area contributed by atoms with Crippen LogP contribution in [0.15, 0.2) is 30.3 Å². The molecule has 28 heavy (non-hydrogen) atoms. The number of thiophene rings is 1. The summed E-state index contributed by atoms with van der Waals surface area (Å²) in [6.07, 6.45) is 0.731. The van der Waals surface area contributed by atoms with Crippen molar-refractivity contribution in [3.8, 4) is 0 Å². The second kappa shape index (κ2) is 10.0. The molecule has 2 rings (SSSR count). The van der Waals surface area contributed by atoms with Crippen molar-refractivity contribution in [2.45, 2.75) is 46.6 Å². The molecule has 0 fully saturated rings. The summed E-state index contributed by atoms with van der Waals surface area (Å²) in [5, 5.41) is 6.15. The van der Waals surface area contributed by atoms with Gasteiger partial charge in [-0.05, 0) is 31.4 Å². The van der Waals surface area contributed by atoms with Crippen molar-refractivity contribution in [1.29, 1.82) is 0 Å². The number of carbonyl (C=O) groups excluding carboxylic acids is 3. The van der Waals surface area contributed by atoms with E-state index in [0.717, 1.165) is 16.0 Å². The fourth-order valence-electron chi connectivity index (χ4n) is 3.06. The quantitative estimate of drug-likeness (QED) is 0.654. The fraction of sp³-hybridized carbons (Fsp3) is 0.381. The van der Waals surface area contributed by atoms with Crippen molar-refractivity contribution >= 4 is 34.1 Å². The molecular weight excluding hydrogens is 376 g/mol. The fourth-order valence-corrected chi connectivity index (χ4v) is 4.21. The van der Waals surface area contributed by atoms with Gasteiger partial charge in [-0.1, -0.05) is 37.3 Å². The molecule has 0 saturated carbocycles. The molecule has 1 unspecified atom stereocenters. The Kier molecular flexibility index (Phi) is 7.75. The lowest BCUT2D eigenvalue weighted by atomic mass is 10.0.